The van der Waals surface area contributed by atoms with Crippen LogP contribution in [-0.2, 0) is 23.6 Å². The highest BCUT2D eigenvalue weighted by Crippen LogP contribution is 2.22. The van der Waals surface area contributed by atoms with Crippen molar-refractivity contribution in [1.82, 2.24) is 14.3 Å². The van der Waals surface area contributed by atoms with Crippen molar-refractivity contribution < 1.29 is 12.8 Å². The minimum atomic E-state index is -3.28. The predicted molar refractivity (Wildman–Crippen MR) is 114 cm³/mol. The molecule has 30 heavy (non-hydrogen) atoms. The number of nitrogens with zero attached hydrogens (tertiary/aromatic N) is 3. The molecule has 0 fully saturated rings. The Balaban J connectivity index is 1.75. The van der Waals surface area contributed by atoms with Crippen LogP contribution < -0.4 is 21.0 Å². The smallest absolute Gasteiger partial charge is 0.329 e. The van der Waals surface area contributed by atoms with Crippen molar-refractivity contribution in [2.75, 3.05) is 18.3 Å². The molecule has 3 aromatic rings. The van der Waals surface area contributed by atoms with Gasteiger partial charge in [-0.3, -0.25) is 19.4 Å². The second-order valence-corrected chi connectivity index (χ2v) is 8.45. The van der Waals surface area contributed by atoms with E-state index in [0.29, 0.717) is 11.5 Å². The summed E-state index contributed by atoms with van der Waals surface area (Å²) in [6, 6.07) is 12.1. The number of benzene rings is 1. The summed E-state index contributed by atoms with van der Waals surface area (Å²) >= 11 is 0. The second kappa shape index (κ2) is 8.51. The molecule has 0 spiro atoms. The maximum absolute atomic E-state index is 11.7. The summed E-state index contributed by atoms with van der Waals surface area (Å²) in [7, 11) is -0.314. The molecule has 0 aliphatic carbocycles. The van der Waals surface area contributed by atoms with E-state index in [2.05, 4.69) is 14.8 Å². The van der Waals surface area contributed by atoms with E-state index in [1.54, 1.807) is 19.2 Å². The largest absolute Gasteiger partial charge is 0.455 e. The van der Waals surface area contributed by atoms with Crippen LogP contribution in [0.1, 0.15) is 11.3 Å². The van der Waals surface area contributed by atoms with E-state index in [4.69, 9.17) is 4.42 Å². The molecular formula is C19H21N5O5S. The van der Waals surface area contributed by atoms with Crippen LogP contribution in [0.4, 0.5) is 5.82 Å². The van der Waals surface area contributed by atoms with E-state index < -0.39 is 21.3 Å². The number of hydrogen-bond acceptors (Lipinski definition) is 7. The predicted octanol–water partition coefficient (Wildman–Crippen LogP) is 0.853. The number of sulfonamides is 1. The summed E-state index contributed by atoms with van der Waals surface area (Å²) in [5.74, 6) is 1.29. The van der Waals surface area contributed by atoms with Crippen LogP contribution in [0.15, 0.2) is 61.6 Å². The van der Waals surface area contributed by atoms with Gasteiger partial charge in [0, 0.05) is 32.3 Å². The van der Waals surface area contributed by atoms with Crippen molar-refractivity contribution in [3.8, 4) is 11.3 Å². The van der Waals surface area contributed by atoms with Crippen molar-refractivity contribution in [3.63, 3.8) is 0 Å². The molecule has 0 aliphatic rings. The number of rotatable bonds is 7. The maximum atomic E-state index is 11.7. The normalized spacial score (nSPS) is 11.8. The Morgan fingerprint density at radius 1 is 1.23 bits per heavy atom. The molecule has 0 unspecified atom stereocenters. The number of furan rings is 1. The molecule has 11 heteroatoms. The van der Waals surface area contributed by atoms with Gasteiger partial charge >= 0.3 is 5.69 Å². The van der Waals surface area contributed by atoms with Crippen LogP contribution in [0.25, 0.3) is 11.3 Å². The highest BCUT2D eigenvalue weighted by molar-refractivity contribution is 7.88. The van der Waals surface area contributed by atoms with Gasteiger partial charge < -0.3 is 4.42 Å². The summed E-state index contributed by atoms with van der Waals surface area (Å²) in [4.78, 5) is 26.0. The SMILES string of the molecule is CN(N=Cc1ccc(-c2cccc(CNS(C)(=O)=O)c2)o1)c1cc(=O)n(C)c(=O)[nH]1. The van der Waals surface area contributed by atoms with Gasteiger partial charge in [-0.2, -0.15) is 5.10 Å². The first kappa shape index (κ1) is 21.3. The topological polar surface area (TPSA) is 130 Å². The molecule has 0 radical (unpaired) electrons. The van der Waals surface area contributed by atoms with Gasteiger partial charge in [0.15, 0.2) is 0 Å². The highest BCUT2D eigenvalue weighted by Gasteiger charge is 2.08. The fraction of sp³-hybridized carbons (Fsp3) is 0.211. The van der Waals surface area contributed by atoms with Gasteiger partial charge in [-0.15, -0.1) is 0 Å². The van der Waals surface area contributed by atoms with Crippen molar-refractivity contribution in [2.45, 2.75) is 6.54 Å². The third-order valence-corrected chi connectivity index (χ3v) is 4.88. The Kier molecular flexibility index (Phi) is 6.04. The lowest BCUT2D eigenvalue weighted by molar-refractivity contribution is 0.574. The first-order valence-corrected chi connectivity index (χ1v) is 10.7. The van der Waals surface area contributed by atoms with Gasteiger partial charge in [-0.1, -0.05) is 18.2 Å². The molecule has 1 aromatic carbocycles. The van der Waals surface area contributed by atoms with E-state index in [-0.39, 0.29) is 12.4 Å². The zero-order chi connectivity index (χ0) is 21.9. The van der Waals surface area contributed by atoms with E-state index in [0.717, 1.165) is 21.9 Å². The van der Waals surface area contributed by atoms with Crippen molar-refractivity contribution >= 4 is 22.1 Å². The Bertz CT molecular complexity index is 1270. The summed E-state index contributed by atoms with van der Waals surface area (Å²) < 4.78 is 31.7. The summed E-state index contributed by atoms with van der Waals surface area (Å²) in [6.07, 6.45) is 2.56. The summed E-state index contributed by atoms with van der Waals surface area (Å²) in [6.45, 7) is 0.182. The maximum Gasteiger partial charge on any atom is 0.329 e. The van der Waals surface area contributed by atoms with Gasteiger partial charge in [0.2, 0.25) is 10.0 Å². The van der Waals surface area contributed by atoms with Crippen LogP contribution >= 0.6 is 0 Å². The summed E-state index contributed by atoms with van der Waals surface area (Å²) in [5, 5.41) is 5.53. The van der Waals surface area contributed by atoms with Gasteiger partial charge in [0.05, 0.1) is 12.5 Å². The van der Waals surface area contributed by atoms with E-state index >= 15 is 0 Å². The molecule has 2 N–H and O–H groups in total. The molecule has 0 bridgehead atoms. The first-order valence-electron chi connectivity index (χ1n) is 8.84. The second-order valence-electron chi connectivity index (χ2n) is 6.62. The molecule has 0 aliphatic heterocycles. The van der Waals surface area contributed by atoms with Crippen LogP contribution in [0, 0.1) is 0 Å². The fourth-order valence-electron chi connectivity index (χ4n) is 2.55. The average Bonchev–Trinajstić information content (AvgIpc) is 3.17. The van der Waals surface area contributed by atoms with E-state index in [1.165, 1.54) is 24.3 Å². The molecule has 2 heterocycles. The van der Waals surface area contributed by atoms with E-state index in [9.17, 15) is 18.0 Å². The minimum absolute atomic E-state index is 0.182. The number of nitrogens with one attached hydrogen (secondary N) is 2. The van der Waals surface area contributed by atoms with E-state index in [1.807, 2.05) is 24.3 Å². The molecule has 2 aromatic heterocycles. The molecule has 0 saturated carbocycles. The molecule has 0 amide bonds. The fourth-order valence-corrected chi connectivity index (χ4v) is 2.98. The number of anilines is 1. The highest BCUT2D eigenvalue weighted by atomic mass is 32.2. The van der Waals surface area contributed by atoms with Crippen LogP contribution in [0.5, 0.6) is 0 Å². The third-order valence-electron chi connectivity index (χ3n) is 4.21. The average molecular weight is 431 g/mol. The van der Waals surface area contributed by atoms with Crippen LogP contribution in [-0.4, -0.2) is 37.5 Å². The van der Waals surface area contributed by atoms with Gasteiger partial charge in [-0.25, -0.2) is 17.9 Å². The molecule has 0 saturated heterocycles. The first-order chi connectivity index (χ1) is 14.1. The van der Waals surface area contributed by atoms with Gasteiger partial charge in [0.25, 0.3) is 5.56 Å². The van der Waals surface area contributed by atoms with Crippen LogP contribution in [0.3, 0.4) is 0 Å². The van der Waals surface area contributed by atoms with Crippen LogP contribution in [0.2, 0.25) is 0 Å². The molecule has 0 atom stereocenters. The quantitative estimate of drug-likeness (QED) is 0.421. The number of hydrazone groups is 1. The summed E-state index contributed by atoms with van der Waals surface area (Å²) in [5.41, 5.74) is 0.594. The van der Waals surface area contributed by atoms with Gasteiger partial charge in [-0.05, 0) is 23.8 Å². The molecule has 3 rings (SSSR count). The zero-order valence-corrected chi connectivity index (χ0v) is 17.4. The number of H-pyrrole nitrogens is 1. The van der Waals surface area contributed by atoms with Gasteiger partial charge in [0.1, 0.15) is 17.3 Å². The zero-order valence-electron chi connectivity index (χ0n) is 16.6. The van der Waals surface area contributed by atoms with Crippen molar-refractivity contribution in [3.05, 3.63) is 74.6 Å². The monoisotopic (exact) mass is 431 g/mol. The Hall–Kier alpha value is -3.44. The minimum Gasteiger partial charge on any atom is -0.455 e. The third kappa shape index (κ3) is 5.33. The van der Waals surface area contributed by atoms with Crippen molar-refractivity contribution in [2.24, 2.45) is 12.1 Å². The molecule has 10 nitrogen and oxygen atoms in total. The lowest BCUT2D eigenvalue weighted by atomic mass is 10.1. The Morgan fingerprint density at radius 3 is 2.70 bits per heavy atom. The number of aromatic amines is 1. The lowest BCUT2D eigenvalue weighted by Gasteiger charge is -2.11. The number of aromatic nitrogens is 2. The number of hydrogen-bond donors (Lipinski definition) is 2. The Labute approximate surface area is 172 Å². The lowest BCUT2D eigenvalue weighted by Crippen LogP contribution is -2.33. The van der Waals surface area contributed by atoms with Crippen molar-refractivity contribution in [1.29, 1.82) is 0 Å². The molecule has 158 valence electrons. The Morgan fingerprint density at radius 2 is 2.00 bits per heavy atom. The molecular weight excluding hydrogens is 410 g/mol. The standard InChI is InChI=1S/C19H21N5O5S/c1-23-18(25)10-17(22-19(23)26)24(2)20-12-15-7-8-16(29-15)14-6-4-5-13(9-14)11-21-30(3,27)28/h4-10,12,21H,11H2,1-3H3,(H,22,26).